The van der Waals surface area contributed by atoms with E-state index in [0.717, 1.165) is 12.1 Å². The summed E-state index contributed by atoms with van der Waals surface area (Å²) in [5.74, 6) is 0.397. The zero-order valence-electron chi connectivity index (χ0n) is 11.9. The standard InChI is InChI=1S/C14H14N6O2/c1-2-20-8-12(7-16-20)18-14(21)17-11-5-3-4-10(6-11)13-19-15-9-22-13/h3-9H,2H2,1H3,(H2,17,18,21). The number of carbonyl (C=O) groups is 1. The Balaban J connectivity index is 1.67. The number of amides is 2. The van der Waals surface area contributed by atoms with Gasteiger partial charge in [-0.1, -0.05) is 6.07 Å². The van der Waals surface area contributed by atoms with Gasteiger partial charge < -0.3 is 15.1 Å². The zero-order chi connectivity index (χ0) is 15.4. The van der Waals surface area contributed by atoms with E-state index in [1.165, 1.54) is 6.39 Å². The van der Waals surface area contributed by atoms with Crippen molar-refractivity contribution >= 4 is 17.4 Å². The van der Waals surface area contributed by atoms with Gasteiger partial charge >= 0.3 is 6.03 Å². The molecule has 112 valence electrons. The lowest BCUT2D eigenvalue weighted by Gasteiger charge is -2.06. The lowest BCUT2D eigenvalue weighted by atomic mass is 10.2. The summed E-state index contributed by atoms with van der Waals surface area (Å²) in [4.78, 5) is 12.0. The summed E-state index contributed by atoms with van der Waals surface area (Å²) in [7, 11) is 0. The van der Waals surface area contributed by atoms with Crippen molar-refractivity contribution in [2.24, 2.45) is 0 Å². The van der Waals surface area contributed by atoms with Gasteiger partial charge in [-0.2, -0.15) is 5.10 Å². The van der Waals surface area contributed by atoms with Gasteiger partial charge in [-0.3, -0.25) is 4.68 Å². The van der Waals surface area contributed by atoms with Gasteiger partial charge in [-0.05, 0) is 25.1 Å². The van der Waals surface area contributed by atoms with Crippen molar-refractivity contribution in [3.05, 3.63) is 43.1 Å². The molecule has 0 aliphatic heterocycles. The van der Waals surface area contributed by atoms with Crippen LogP contribution in [0.15, 0.2) is 47.5 Å². The maximum Gasteiger partial charge on any atom is 0.323 e. The monoisotopic (exact) mass is 298 g/mol. The van der Waals surface area contributed by atoms with Crippen LogP contribution in [-0.2, 0) is 6.54 Å². The molecule has 2 aromatic heterocycles. The number of carbonyl (C=O) groups excluding carboxylic acids is 1. The van der Waals surface area contributed by atoms with Gasteiger partial charge in [-0.25, -0.2) is 4.79 Å². The number of anilines is 2. The Morgan fingerprint density at radius 3 is 2.91 bits per heavy atom. The molecule has 0 saturated carbocycles. The van der Waals surface area contributed by atoms with E-state index in [1.54, 1.807) is 35.3 Å². The van der Waals surface area contributed by atoms with E-state index < -0.39 is 0 Å². The number of urea groups is 1. The van der Waals surface area contributed by atoms with E-state index >= 15 is 0 Å². The fourth-order valence-electron chi connectivity index (χ4n) is 1.92. The highest BCUT2D eigenvalue weighted by Gasteiger charge is 2.07. The molecule has 3 rings (SSSR count). The zero-order valence-corrected chi connectivity index (χ0v) is 11.9. The number of nitrogens with zero attached hydrogens (tertiary/aromatic N) is 4. The summed E-state index contributed by atoms with van der Waals surface area (Å²) >= 11 is 0. The minimum atomic E-state index is -0.349. The quantitative estimate of drug-likeness (QED) is 0.771. The second-order valence-corrected chi connectivity index (χ2v) is 4.49. The van der Waals surface area contributed by atoms with E-state index in [-0.39, 0.29) is 6.03 Å². The van der Waals surface area contributed by atoms with Crippen LogP contribution in [0.25, 0.3) is 11.5 Å². The van der Waals surface area contributed by atoms with Crippen LogP contribution in [0.5, 0.6) is 0 Å². The molecule has 22 heavy (non-hydrogen) atoms. The summed E-state index contributed by atoms with van der Waals surface area (Å²) in [6.07, 6.45) is 4.61. The van der Waals surface area contributed by atoms with Crippen LogP contribution in [0.3, 0.4) is 0 Å². The molecule has 2 N–H and O–H groups in total. The van der Waals surface area contributed by atoms with Crippen LogP contribution in [0.2, 0.25) is 0 Å². The highest BCUT2D eigenvalue weighted by molar-refractivity contribution is 5.99. The van der Waals surface area contributed by atoms with Crippen LogP contribution in [-0.4, -0.2) is 26.0 Å². The topological polar surface area (TPSA) is 97.9 Å². The summed E-state index contributed by atoms with van der Waals surface area (Å²) < 4.78 is 6.86. The molecule has 1 aromatic carbocycles. The molecule has 0 fully saturated rings. The first-order valence-corrected chi connectivity index (χ1v) is 6.71. The van der Waals surface area contributed by atoms with Gasteiger partial charge in [0, 0.05) is 24.0 Å². The number of aryl methyl sites for hydroxylation is 1. The molecule has 2 heterocycles. The smallest absolute Gasteiger partial charge is 0.323 e. The number of nitrogens with one attached hydrogen (secondary N) is 2. The highest BCUT2D eigenvalue weighted by atomic mass is 16.4. The van der Waals surface area contributed by atoms with E-state index in [2.05, 4.69) is 25.9 Å². The number of benzene rings is 1. The molecule has 0 radical (unpaired) electrons. The van der Waals surface area contributed by atoms with Crippen molar-refractivity contribution in [1.29, 1.82) is 0 Å². The van der Waals surface area contributed by atoms with E-state index in [9.17, 15) is 4.79 Å². The first kappa shape index (κ1) is 13.8. The SMILES string of the molecule is CCn1cc(NC(=O)Nc2cccc(-c3nnco3)c2)cn1. The first-order chi connectivity index (χ1) is 10.7. The van der Waals surface area contributed by atoms with E-state index in [4.69, 9.17) is 4.42 Å². The Kier molecular flexibility index (Phi) is 3.82. The van der Waals surface area contributed by atoms with E-state index in [0.29, 0.717) is 17.3 Å². The lowest BCUT2D eigenvalue weighted by molar-refractivity contribution is 0.262. The molecular formula is C14H14N6O2. The molecule has 0 bridgehead atoms. The molecule has 0 atom stereocenters. The molecule has 0 aliphatic carbocycles. The minimum Gasteiger partial charge on any atom is -0.423 e. The Hall–Kier alpha value is -3.16. The molecule has 0 aliphatic rings. The minimum absolute atomic E-state index is 0.349. The molecular weight excluding hydrogens is 284 g/mol. The van der Waals surface area contributed by atoms with Gasteiger partial charge in [0.25, 0.3) is 0 Å². The largest absolute Gasteiger partial charge is 0.423 e. The van der Waals surface area contributed by atoms with Crippen LogP contribution in [0.4, 0.5) is 16.2 Å². The maximum absolute atomic E-state index is 12.0. The van der Waals surface area contributed by atoms with Crippen molar-refractivity contribution < 1.29 is 9.21 Å². The number of hydrogen-bond acceptors (Lipinski definition) is 5. The second-order valence-electron chi connectivity index (χ2n) is 4.49. The Labute approximate surface area is 126 Å². The second kappa shape index (κ2) is 6.08. The molecule has 0 spiro atoms. The Morgan fingerprint density at radius 1 is 1.32 bits per heavy atom. The normalized spacial score (nSPS) is 10.4. The van der Waals surface area contributed by atoms with Crippen molar-refractivity contribution in [1.82, 2.24) is 20.0 Å². The van der Waals surface area contributed by atoms with Crippen LogP contribution < -0.4 is 10.6 Å². The number of aromatic nitrogens is 4. The first-order valence-electron chi connectivity index (χ1n) is 6.71. The van der Waals surface area contributed by atoms with Gasteiger partial charge in [0.15, 0.2) is 0 Å². The van der Waals surface area contributed by atoms with Crippen LogP contribution in [0.1, 0.15) is 6.92 Å². The van der Waals surface area contributed by atoms with Crippen molar-refractivity contribution in [2.45, 2.75) is 13.5 Å². The fraction of sp³-hybridized carbons (Fsp3) is 0.143. The predicted molar refractivity (Wildman–Crippen MR) is 80.3 cm³/mol. The fourth-order valence-corrected chi connectivity index (χ4v) is 1.92. The van der Waals surface area contributed by atoms with Gasteiger partial charge in [0.2, 0.25) is 12.3 Å². The summed E-state index contributed by atoms with van der Waals surface area (Å²) in [5, 5.41) is 17.0. The average Bonchev–Trinajstić information content (AvgIpc) is 3.18. The van der Waals surface area contributed by atoms with Crippen molar-refractivity contribution in [2.75, 3.05) is 10.6 Å². The molecule has 2 amide bonds. The highest BCUT2D eigenvalue weighted by Crippen LogP contribution is 2.20. The summed E-state index contributed by atoms with van der Waals surface area (Å²) in [6, 6.07) is 6.79. The Bertz CT molecular complexity index is 765. The third kappa shape index (κ3) is 3.11. The number of rotatable bonds is 4. The molecule has 0 saturated heterocycles. The summed E-state index contributed by atoms with van der Waals surface area (Å²) in [6.45, 7) is 2.72. The third-order valence-electron chi connectivity index (χ3n) is 2.94. The number of hydrogen-bond donors (Lipinski definition) is 2. The lowest BCUT2D eigenvalue weighted by Crippen LogP contribution is -2.19. The van der Waals surface area contributed by atoms with Crippen LogP contribution in [0, 0.1) is 0 Å². The van der Waals surface area contributed by atoms with Gasteiger partial charge in [0.1, 0.15) is 0 Å². The van der Waals surface area contributed by atoms with Crippen LogP contribution >= 0.6 is 0 Å². The molecule has 3 aromatic rings. The van der Waals surface area contributed by atoms with E-state index in [1.807, 2.05) is 13.0 Å². The third-order valence-corrected chi connectivity index (χ3v) is 2.94. The molecule has 8 nitrogen and oxygen atoms in total. The molecule has 0 unspecified atom stereocenters. The van der Waals surface area contributed by atoms with Crippen molar-refractivity contribution in [3.63, 3.8) is 0 Å². The predicted octanol–water partition coefficient (Wildman–Crippen LogP) is 2.60. The van der Waals surface area contributed by atoms with Crippen molar-refractivity contribution in [3.8, 4) is 11.5 Å². The molecule has 8 heteroatoms. The summed E-state index contributed by atoms with van der Waals surface area (Å²) in [5.41, 5.74) is 1.98. The Morgan fingerprint density at radius 2 is 2.18 bits per heavy atom. The maximum atomic E-state index is 12.0. The average molecular weight is 298 g/mol. The van der Waals surface area contributed by atoms with Gasteiger partial charge in [0.05, 0.1) is 11.9 Å². The van der Waals surface area contributed by atoms with Gasteiger partial charge in [-0.15, -0.1) is 10.2 Å².